The average Bonchev–Trinajstić information content (AvgIpc) is 2.56. The second-order valence-corrected chi connectivity index (χ2v) is 5.83. The van der Waals surface area contributed by atoms with Gasteiger partial charge in [0.25, 0.3) is 0 Å². The van der Waals surface area contributed by atoms with E-state index >= 15 is 0 Å². The van der Waals surface area contributed by atoms with Gasteiger partial charge in [-0.2, -0.15) is 0 Å². The first-order valence-electron chi connectivity index (χ1n) is 7.08. The van der Waals surface area contributed by atoms with E-state index in [1.54, 1.807) is 0 Å². The third kappa shape index (κ3) is 2.59. The van der Waals surface area contributed by atoms with Crippen LogP contribution < -0.4 is 0 Å². The highest BCUT2D eigenvalue weighted by Crippen LogP contribution is 2.42. The van der Waals surface area contributed by atoms with Crippen molar-refractivity contribution in [1.82, 2.24) is 0 Å². The molecule has 104 valence electrons. The Kier molecular flexibility index (Phi) is 3.81. The fourth-order valence-electron chi connectivity index (χ4n) is 2.69. The fourth-order valence-corrected chi connectivity index (χ4v) is 3.06. The molecule has 0 aliphatic carbocycles. The summed E-state index contributed by atoms with van der Waals surface area (Å²) in [6.07, 6.45) is 0. The van der Waals surface area contributed by atoms with Gasteiger partial charge in [0, 0.05) is 0 Å². The molecule has 0 atom stereocenters. The maximum absolute atomic E-state index is 7.19. The highest BCUT2D eigenvalue weighted by Gasteiger charge is 2.33. The van der Waals surface area contributed by atoms with Crippen molar-refractivity contribution in [1.29, 1.82) is 0 Å². The average molecular weight is 293 g/mol. The van der Waals surface area contributed by atoms with Crippen molar-refractivity contribution >= 4 is 11.6 Å². The summed E-state index contributed by atoms with van der Waals surface area (Å²) < 4.78 is 0. The highest BCUT2D eigenvalue weighted by molar-refractivity contribution is 6.28. The van der Waals surface area contributed by atoms with Gasteiger partial charge in [0.1, 0.15) is 4.87 Å². The highest BCUT2D eigenvalue weighted by atomic mass is 35.5. The fraction of sp³-hybridized carbons (Fsp3) is 0.100. The summed E-state index contributed by atoms with van der Waals surface area (Å²) in [5, 5.41) is 0. The molecule has 0 nitrogen and oxygen atoms in total. The molecular weight excluding hydrogens is 276 g/mol. The number of halogens is 1. The molecule has 0 aromatic heterocycles. The zero-order valence-electron chi connectivity index (χ0n) is 12.0. The Morgan fingerprint density at radius 3 is 1.57 bits per heavy atom. The van der Waals surface area contributed by atoms with Gasteiger partial charge < -0.3 is 0 Å². The normalized spacial score (nSPS) is 11.3. The lowest BCUT2D eigenvalue weighted by Crippen LogP contribution is -2.22. The summed E-state index contributed by atoms with van der Waals surface area (Å²) in [7, 11) is 0. The van der Waals surface area contributed by atoms with Crippen LogP contribution >= 0.6 is 11.6 Å². The van der Waals surface area contributed by atoms with Gasteiger partial charge in [-0.05, 0) is 23.6 Å². The molecule has 0 aliphatic heterocycles. The van der Waals surface area contributed by atoms with Crippen molar-refractivity contribution in [2.24, 2.45) is 0 Å². The van der Waals surface area contributed by atoms with Crippen LogP contribution in [0.25, 0.3) is 0 Å². The van der Waals surface area contributed by atoms with Crippen molar-refractivity contribution in [2.75, 3.05) is 0 Å². The predicted octanol–water partition coefficient (Wildman–Crippen LogP) is 5.53. The summed E-state index contributed by atoms with van der Waals surface area (Å²) in [5.41, 5.74) is 4.48. The number of rotatable bonds is 3. The molecular formula is C20H17Cl. The van der Waals surface area contributed by atoms with E-state index in [-0.39, 0.29) is 0 Å². The number of benzene rings is 3. The molecule has 0 saturated carbocycles. The lowest BCUT2D eigenvalue weighted by molar-refractivity contribution is 0.877. The first-order valence-corrected chi connectivity index (χ1v) is 7.46. The standard InChI is InChI=1S/C20H17Cl/c1-16-9-8-14-19(15-16)20(21,17-10-4-2-5-11-17)18-12-6-3-7-13-18/h2-15H,1H3. The van der Waals surface area contributed by atoms with Crippen LogP contribution in [-0.2, 0) is 4.87 Å². The largest absolute Gasteiger partial charge is 0.119 e. The first kappa shape index (κ1) is 13.9. The maximum atomic E-state index is 7.19. The smallest absolute Gasteiger partial charge is 0.104 e. The van der Waals surface area contributed by atoms with Crippen molar-refractivity contribution in [2.45, 2.75) is 11.8 Å². The molecule has 0 spiro atoms. The second-order valence-electron chi connectivity index (χ2n) is 5.26. The molecule has 0 saturated heterocycles. The number of alkyl halides is 1. The van der Waals surface area contributed by atoms with E-state index in [1.165, 1.54) is 5.56 Å². The Balaban J connectivity index is 2.25. The van der Waals surface area contributed by atoms with Crippen LogP contribution in [0.3, 0.4) is 0 Å². The molecule has 3 aromatic rings. The van der Waals surface area contributed by atoms with E-state index < -0.39 is 4.87 Å². The second kappa shape index (κ2) is 5.75. The monoisotopic (exact) mass is 292 g/mol. The number of aryl methyl sites for hydroxylation is 1. The molecule has 1 heteroatoms. The Labute approximate surface area is 131 Å². The van der Waals surface area contributed by atoms with Crippen molar-refractivity contribution in [3.63, 3.8) is 0 Å². The molecule has 0 aliphatic rings. The van der Waals surface area contributed by atoms with Gasteiger partial charge in [-0.15, -0.1) is 11.6 Å². The van der Waals surface area contributed by atoms with Crippen LogP contribution in [0.1, 0.15) is 22.3 Å². The summed E-state index contributed by atoms with van der Waals surface area (Å²) >= 11 is 7.19. The van der Waals surface area contributed by atoms with E-state index in [4.69, 9.17) is 11.6 Å². The Morgan fingerprint density at radius 1 is 0.619 bits per heavy atom. The molecule has 0 radical (unpaired) electrons. The van der Waals surface area contributed by atoms with Crippen molar-refractivity contribution in [3.05, 3.63) is 107 Å². The minimum Gasteiger partial charge on any atom is -0.104 e. The van der Waals surface area contributed by atoms with Gasteiger partial charge in [-0.25, -0.2) is 0 Å². The zero-order chi connectivity index (χ0) is 14.7. The van der Waals surface area contributed by atoms with Gasteiger partial charge in [0.2, 0.25) is 0 Å². The molecule has 21 heavy (non-hydrogen) atoms. The minimum atomic E-state index is -0.658. The summed E-state index contributed by atoms with van der Waals surface area (Å²) in [6, 6.07) is 28.9. The SMILES string of the molecule is Cc1cccc(C(Cl)(c2ccccc2)c2ccccc2)c1. The van der Waals surface area contributed by atoms with E-state index in [0.717, 1.165) is 16.7 Å². The van der Waals surface area contributed by atoms with Gasteiger partial charge in [0.15, 0.2) is 0 Å². The molecule has 0 fully saturated rings. The molecule has 0 amide bonds. The molecule has 3 rings (SSSR count). The van der Waals surface area contributed by atoms with Crippen LogP contribution in [0.5, 0.6) is 0 Å². The van der Waals surface area contributed by atoms with E-state index in [1.807, 2.05) is 36.4 Å². The van der Waals surface area contributed by atoms with Crippen LogP contribution in [0.2, 0.25) is 0 Å². The summed E-state index contributed by atoms with van der Waals surface area (Å²) in [6.45, 7) is 2.09. The number of hydrogen-bond donors (Lipinski definition) is 0. The van der Waals surface area contributed by atoms with Crippen LogP contribution in [0, 0.1) is 6.92 Å². The minimum absolute atomic E-state index is 0.658. The van der Waals surface area contributed by atoms with Gasteiger partial charge in [0.05, 0.1) is 0 Å². The predicted molar refractivity (Wildman–Crippen MR) is 89.8 cm³/mol. The Bertz CT molecular complexity index is 678. The molecule has 0 heterocycles. The van der Waals surface area contributed by atoms with E-state index in [0.29, 0.717) is 0 Å². The molecule has 3 aromatic carbocycles. The zero-order valence-corrected chi connectivity index (χ0v) is 12.7. The van der Waals surface area contributed by atoms with Gasteiger partial charge >= 0.3 is 0 Å². The topological polar surface area (TPSA) is 0 Å². The number of hydrogen-bond acceptors (Lipinski definition) is 0. The Morgan fingerprint density at radius 2 is 1.10 bits per heavy atom. The third-order valence-corrected chi connectivity index (χ3v) is 4.41. The van der Waals surface area contributed by atoms with E-state index in [9.17, 15) is 0 Å². The summed E-state index contributed by atoms with van der Waals surface area (Å²) in [5.74, 6) is 0. The Hall–Kier alpha value is -2.05. The van der Waals surface area contributed by atoms with Crippen LogP contribution in [-0.4, -0.2) is 0 Å². The van der Waals surface area contributed by atoms with Crippen molar-refractivity contribution in [3.8, 4) is 0 Å². The molecule has 0 unspecified atom stereocenters. The quantitative estimate of drug-likeness (QED) is 0.440. The molecule has 0 N–H and O–H groups in total. The lowest BCUT2D eigenvalue weighted by atomic mass is 9.83. The first-order chi connectivity index (χ1) is 10.2. The molecule has 0 bridgehead atoms. The van der Waals surface area contributed by atoms with Crippen molar-refractivity contribution < 1.29 is 0 Å². The lowest BCUT2D eigenvalue weighted by Gasteiger charge is -2.29. The van der Waals surface area contributed by atoms with Crippen LogP contribution in [0.15, 0.2) is 84.9 Å². The van der Waals surface area contributed by atoms with Gasteiger partial charge in [-0.3, -0.25) is 0 Å². The summed E-state index contributed by atoms with van der Waals surface area (Å²) in [4.78, 5) is -0.658. The maximum Gasteiger partial charge on any atom is 0.119 e. The third-order valence-electron chi connectivity index (χ3n) is 3.76. The van der Waals surface area contributed by atoms with E-state index in [2.05, 4.69) is 55.5 Å². The van der Waals surface area contributed by atoms with Gasteiger partial charge in [-0.1, -0.05) is 90.5 Å². The van der Waals surface area contributed by atoms with Crippen LogP contribution in [0.4, 0.5) is 0 Å².